The number of rotatable bonds is 14. The molecule has 0 radical (unpaired) electrons. The summed E-state index contributed by atoms with van der Waals surface area (Å²) in [6, 6.07) is 9.94. The van der Waals surface area contributed by atoms with Crippen LogP contribution in [-0.2, 0) is 15.0 Å². The van der Waals surface area contributed by atoms with E-state index in [1.54, 1.807) is 4.90 Å². The molecule has 35 heavy (non-hydrogen) atoms. The van der Waals surface area contributed by atoms with Crippen LogP contribution in [0.2, 0.25) is 0 Å². The summed E-state index contributed by atoms with van der Waals surface area (Å²) in [6.45, 7) is 13.3. The molecule has 2 amide bonds. The maximum Gasteiger partial charge on any atom is 0.245 e. The first-order valence-corrected chi connectivity index (χ1v) is 13.4. The summed E-state index contributed by atoms with van der Waals surface area (Å²) in [5.74, 6) is 0.521. The first-order chi connectivity index (χ1) is 16.7. The average Bonchev–Trinajstić information content (AvgIpc) is 3.23. The molecule has 0 unspecified atom stereocenters. The Morgan fingerprint density at radius 3 is 2.29 bits per heavy atom. The molecule has 0 fully saturated rings. The van der Waals surface area contributed by atoms with Crippen molar-refractivity contribution in [3.05, 3.63) is 41.6 Å². The number of nitrogens with one attached hydrogen (secondary N) is 1. The summed E-state index contributed by atoms with van der Waals surface area (Å²) in [5.41, 5.74) is 2.75. The van der Waals surface area contributed by atoms with Crippen molar-refractivity contribution in [2.75, 3.05) is 18.4 Å². The highest BCUT2D eigenvalue weighted by atomic mass is 16.2. The number of hydrogen-bond donors (Lipinski definition) is 1. The van der Waals surface area contributed by atoms with Gasteiger partial charge < -0.3 is 10.2 Å². The summed E-state index contributed by atoms with van der Waals surface area (Å²) in [7, 11) is 0. The number of aromatic nitrogens is 2. The lowest BCUT2D eigenvalue weighted by Crippen LogP contribution is -2.38. The average molecular weight is 483 g/mol. The maximum absolute atomic E-state index is 13.1. The zero-order chi connectivity index (χ0) is 25.8. The zero-order valence-corrected chi connectivity index (χ0v) is 22.8. The fourth-order valence-electron chi connectivity index (χ4n) is 4.03. The Balaban J connectivity index is 2.11. The zero-order valence-electron chi connectivity index (χ0n) is 22.8. The van der Waals surface area contributed by atoms with Crippen LogP contribution in [0, 0.1) is 6.92 Å². The van der Waals surface area contributed by atoms with Gasteiger partial charge in [0.05, 0.1) is 17.9 Å². The molecule has 1 N–H and O–H groups in total. The van der Waals surface area contributed by atoms with Crippen LogP contribution in [0.4, 0.5) is 5.82 Å². The van der Waals surface area contributed by atoms with Crippen LogP contribution in [-0.4, -0.2) is 39.6 Å². The minimum atomic E-state index is -0.187. The standard InChI is InChI=1S/C29H46N4O2/c1-7-9-11-12-13-14-19-28(35)32(20-10-8-2)22-27(34)30-26-21-25(29(4,5)6)31-33(26)24-18-16-15-17-23(24)3/h15-18,21H,7-14,19-20,22H2,1-6H3,(H,30,34). The van der Waals surface area contributed by atoms with Gasteiger partial charge in [-0.2, -0.15) is 5.10 Å². The van der Waals surface area contributed by atoms with Crippen molar-refractivity contribution in [1.82, 2.24) is 14.7 Å². The van der Waals surface area contributed by atoms with Crippen LogP contribution in [0.1, 0.15) is 104 Å². The lowest BCUT2D eigenvalue weighted by molar-refractivity contribution is -0.134. The second kappa shape index (κ2) is 14.1. The van der Waals surface area contributed by atoms with Crippen molar-refractivity contribution in [3.63, 3.8) is 0 Å². The van der Waals surface area contributed by atoms with E-state index in [4.69, 9.17) is 5.10 Å². The summed E-state index contributed by atoms with van der Waals surface area (Å²) < 4.78 is 1.81. The topological polar surface area (TPSA) is 67.2 Å². The first-order valence-electron chi connectivity index (χ1n) is 13.4. The molecular weight excluding hydrogens is 436 g/mol. The SMILES string of the molecule is CCCCCCCCC(=O)N(CCCC)CC(=O)Nc1cc(C(C)(C)C)nn1-c1ccccc1C. The number of amides is 2. The number of anilines is 1. The van der Waals surface area contributed by atoms with Gasteiger partial charge in [0.1, 0.15) is 5.82 Å². The molecule has 6 heteroatoms. The summed E-state index contributed by atoms with van der Waals surface area (Å²) in [4.78, 5) is 27.8. The van der Waals surface area contributed by atoms with E-state index in [9.17, 15) is 9.59 Å². The molecule has 2 aromatic rings. The molecule has 6 nitrogen and oxygen atoms in total. The third kappa shape index (κ3) is 9.15. The number of aryl methyl sites for hydroxylation is 1. The summed E-state index contributed by atoms with van der Waals surface area (Å²) >= 11 is 0. The lowest BCUT2D eigenvalue weighted by Gasteiger charge is -2.22. The molecule has 0 bridgehead atoms. The minimum Gasteiger partial charge on any atom is -0.333 e. The quantitative estimate of drug-likeness (QED) is 0.301. The second-order valence-corrected chi connectivity index (χ2v) is 10.6. The molecule has 0 aliphatic carbocycles. The van der Waals surface area contributed by atoms with Crippen LogP contribution in [0.3, 0.4) is 0 Å². The van der Waals surface area contributed by atoms with E-state index < -0.39 is 0 Å². The van der Waals surface area contributed by atoms with E-state index in [1.807, 2.05) is 41.9 Å². The van der Waals surface area contributed by atoms with Gasteiger partial charge in [-0.3, -0.25) is 9.59 Å². The predicted molar refractivity (Wildman–Crippen MR) is 145 cm³/mol. The van der Waals surface area contributed by atoms with Gasteiger partial charge in [0.15, 0.2) is 0 Å². The second-order valence-electron chi connectivity index (χ2n) is 10.6. The van der Waals surface area contributed by atoms with E-state index in [-0.39, 0.29) is 23.8 Å². The van der Waals surface area contributed by atoms with Gasteiger partial charge in [0.25, 0.3) is 0 Å². The van der Waals surface area contributed by atoms with Gasteiger partial charge in [-0.25, -0.2) is 4.68 Å². The molecule has 0 saturated heterocycles. The predicted octanol–water partition coefficient (Wildman–Crippen LogP) is 6.80. The molecule has 1 aromatic heterocycles. The van der Waals surface area contributed by atoms with Gasteiger partial charge >= 0.3 is 0 Å². The number of hydrogen-bond acceptors (Lipinski definition) is 3. The first kappa shape index (κ1) is 28.6. The van der Waals surface area contributed by atoms with E-state index in [1.165, 1.54) is 25.7 Å². The van der Waals surface area contributed by atoms with Crippen molar-refractivity contribution in [1.29, 1.82) is 0 Å². The number of carbonyl (C=O) groups is 2. The Kier molecular flexibility index (Phi) is 11.5. The largest absolute Gasteiger partial charge is 0.333 e. The van der Waals surface area contributed by atoms with Crippen LogP contribution in [0.25, 0.3) is 5.69 Å². The van der Waals surface area contributed by atoms with Gasteiger partial charge in [0, 0.05) is 24.4 Å². The lowest BCUT2D eigenvalue weighted by atomic mass is 9.92. The molecule has 194 valence electrons. The molecular formula is C29H46N4O2. The van der Waals surface area contributed by atoms with Crippen molar-refractivity contribution in [3.8, 4) is 5.69 Å². The summed E-state index contributed by atoms with van der Waals surface area (Å²) in [6.07, 6.45) is 9.24. The molecule has 0 aliphatic rings. The Bertz CT molecular complexity index is 942. The fourth-order valence-corrected chi connectivity index (χ4v) is 4.03. The maximum atomic E-state index is 13.1. The van der Waals surface area contributed by atoms with Gasteiger partial charge in [-0.15, -0.1) is 0 Å². The number of nitrogens with zero attached hydrogens (tertiary/aromatic N) is 3. The van der Waals surface area contributed by atoms with Crippen molar-refractivity contribution >= 4 is 17.6 Å². The molecule has 0 saturated carbocycles. The third-order valence-electron chi connectivity index (χ3n) is 6.30. The highest BCUT2D eigenvalue weighted by Gasteiger charge is 2.23. The fraction of sp³-hybridized carbons (Fsp3) is 0.621. The third-order valence-corrected chi connectivity index (χ3v) is 6.30. The minimum absolute atomic E-state index is 0.0679. The van der Waals surface area contributed by atoms with Crippen molar-refractivity contribution < 1.29 is 9.59 Å². The van der Waals surface area contributed by atoms with E-state index in [2.05, 4.69) is 39.9 Å². The normalized spacial score (nSPS) is 11.5. The van der Waals surface area contributed by atoms with Gasteiger partial charge in [-0.05, 0) is 31.4 Å². The highest BCUT2D eigenvalue weighted by Crippen LogP contribution is 2.27. The van der Waals surface area contributed by atoms with E-state index in [0.29, 0.717) is 18.8 Å². The Morgan fingerprint density at radius 2 is 1.63 bits per heavy atom. The van der Waals surface area contributed by atoms with Crippen LogP contribution in [0.5, 0.6) is 0 Å². The Morgan fingerprint density at radius 1 is 0.971 bits per heavy atom. The monoisotopic (exact) mass is 482 g/mol. The van der Waals surface area contributed by atoms with Crippen molar-refractivity contribution in [2.24, 2.45) is 0 Å². The molecule has 2 rings (SSSR count). The van der Waals surface area contributed by atoms with Crippen molar-refractivity contribution in [2.45, 2.75) is 105 Å². The highest BCUT2D eigenvalue weighted by molar-refractivity contribution is 5.94. The number of benzene rings is 1. The van der Waals surface area contributed by atoms with Crippen LogP contribution >= 0.6 is 0 Å². The molecule has 0 aliphatic heterocycles. The number of carbonyl (C=O) groups excluding carboxylic acids is 2. The Hall–Kier alpha value is -2.63. The van der Waals surface area contributed by atoms with Crippen LogP contribution in [0.15, 0.2) is 30.3 Å². The van der Waals surface area contributed by atoms with E-state index in [0.717, 1.165) is 42.6 Å². The van der Waals surface area contributed by atoms with Gasteiger partial charge in [0.2, 0.25) is 11.8 Å². The molecule has 1 heterocycles. The number of para-hydroxylation sites is 1. The molecule has 0 atom stereocenters. The summed E-state index contributed by atoms with van der Waals surface area (Å²) in [5, 5.41) is 7.87. The molecule has 0 spiro atoms. The van der Waals surface area contributed by atoms with Gasteiger partial charge in [-0.1, -0.05) is 91.3 Å². The molecule has 1 aromatic carbocycles. The number of unbranched alkanes of at least 4 members (excludes halogenated alkanes) is 6. The van der Waals surface area contributed by atoms with E-state index >= 15 is 0 Å². The van der Waals surface area contributed by atoms with Crippen LogP contribution < -0.4 is 5.32 Å². The smallest absolute Gasteiger partial charge is 0.245 e. The Labute approximate surface area is 212 Å².